The van der Waals surface area contributed by atoms with Crippen LogP contribution in [0.5, 0.6) is 0 Å². The molecule has 3 atom stereocenters. The number of esters is 12. The highest BCUT2D eigenvalue weighted by molar-refractivity contribution is 14.1. The molecular weight excluding hydrogens is 2680 g/mol. The first-order valence-electron chi connectivity index (χ1n) is 31.4. The summed E-state index contributed by atoms with van der Waals surface area (Å²) < 4.78 is 61.5. The Morgan fingerprint density at radius 3 is 0.570 bits per heavy atom. The van der Waals surface area contributed by atoms with Gasteiger partial charge in [0.15, 0.2) is 0 Å². The maximum Gasteiger partial charge on any atom is 0.321 e. The monoisotopic (exact) mass is 2780 g/mol. The molecule has 0 saturated carbocycles. The third-order valence-electron chi connectivity index (χ3n) is 12.2. The molecule has 0 aromatic heterocycles. The minimum Gasteiger partial charge on any atom is -0.465 e. The van der Waals surface area contributed by atoms with Crippen molar-refractivity contribution in [1.29, 1.82) is 0 Å². The number of halogens is 12. The summed E-state index contributed by atoms with van der Waals surface area (Å²) in [6.07, 6.45) is 2.33. The summed E-state index contributed by atoms with van der Waals surface area (Å²) in [5.41, 5.74) is 0. The molecule has 100 heavy (non-hydrogen) atoms. The van der Waals surface area contributed by atoms with E-state index in [1.165, 1.54) is 4.90 Å². The number of quaternary nitrogens is 4. The fraction of sp³-hybridized carbons (Fsp3) is 0.800. The smallest absolute Gasteiger partial charge is 0.321 e. The number of hydrogen-bond acceptors (Lipinski definition) is 24. The zero-order valence-corrected chi connectivity index (χ0v) is 83.8. The average Bonchev–Trinajstić information content (AvgIpc) is 0.940. The van der Waals surface area contributed by atoms with Gasteiger partial charge in [-0.1, -0.05) is 271 Å². The lowest BCUT2D eigenvalue weighted by Crippen LogP contribution is -3.13. The summed E-state index contributed by atoms with van der Waals surface area (Å²) in [7, 11) is 0. The number of carbonyl (C=O) groups excluding carboxylic acids is 12. The van der Waals surface area contributed by atoms with Crippen molar-refractivity contribution in [3.8, 4) is 0 Å². The van der Waals surface area contributed by atoms with Crippen molar-refractivity contribution in [2.75, 3.05) is 184 Å². The van der Waals surface area contributed by atoms with E-state index in [0.29, 0.717) is 105 Å². The maximum absolute atomic E-state index is 11.9. The Hall–Kier alpha value is 2.24. The predicted molar refractivity (Wildman–Crippen MR) is 476 cm³/mol. The van der Waals surface area contributed by atoms with Crippen LogP contribution in [0.15, 0.2) is 0 Å². The van der Waals surface area contributed by atoms with Gasteiger partial charge in [-0.25, -0.2) is 0 Å². The molecule has 0 aromatic rings. The lowest BCUT2D eigenvalue weighted by atomic mass is 10.2. The van der Waals surface area contributed by atoms with Crippen LogP contribution >= 0.6 is 271 Å². The second kappa shape index (κ2) is 68.1. The van der Waals surface area contributed by atoms with Gasteiger partial charge in [0.2, 0.25) is 0 Å². The number of carbonyl (C=O) groups is 12. The molecule has 0 fully saturated rings. The highest BCUT2D eigenvalue weighted by Crippen LogP contribution is 2.20. The molecule has 0 aliphatic rings. The van der Waals surface area contributed by atoms with Gasteiger partial charge in [-0.2, -0.15) is 0 Å². The first-order valence-corrected chi connectivity index (χ1v) is 47.5. The van der Waals surface area contributed by atoms with Gasteiger partial charge in [-0.05, 0) is 62.3 Å². The third kappa shape index (κ3) is 69.4. The fourth-order valence-corrected chi connectivity index (χ4v) is 9.12. The summed E-state index contributed by atoms with van der Waals surface area (Å²) in [6, 6.07) is 0. The van der Waals surface area contributed by atoms with E-state index >= 15 is 0 Å². The van der Waals surface area contributed by atoms with E-state index in [2.05, 4.69) is 0 Å². The van der Waals surface area contributed by atoms with Gasteiger partial charge in [0.1, 0.15) is 140 Å². The van der Waals surface area contributed by atoms with Gasteiger partial charge in [-0.15, -0.1) is 0 Å². The summed E-state index contributed by atoms with van der Waals surface area (Å²) in [5, 5.41) is 0. The first kappa shape index (κ1) is 109. The van der Waals surface area contributed by atoms with Crippen LogP contribution in [-0.2, 0) is 114 Å². The zero-order chi connectivity index (χ0) is 77.3. The lowest BCUT2D eigenvalue weighted by Gasteiger charge is -2.22. The van der Waals surface area contributed by atoms with E-state index in [-0.39, 0.29) is 143 Å². The Bertz CT molecular complexity index is 2090. The summed E-state index contributed by atoms with van der Waals surface area (Å²) in [6.45, 7) is 27.3. The van der Waals surface area contributed by atoms with Gasteiger partial charge in [0.25, 0.3) is 0 Å². The largest absolute Gasteiger partial charge is 0.465 e. The minimum absolute atomic E-state index is 0.196. The normalized spacial score (nSPS) is 12.4. The van der Waals surface area contributed by atoms with Crippen molar-refractivity contribution in [2.24, 2.45) is 0 Å². The molecule has 0 aliphatic carbocycles. The Morgan fingerprint density at radius 2 is 0.410 bits per heavy atom. The molecule has 0 aliphatic heterocycles. The van der Waals surface area contributed by atoms with Crippen LogP contribution in [0.25, 0.3) is 0 Å². The first-order chi connectivity index (χ1) is 46.7. The molecule has 0 aromatic carbocycles. The maximum atomic E-state index is 11.9. The Labute approximate surface area is 753 Å². The molecule has 0 radical (unpaired) electrons. The van der Waals surface area contributed by atoms with Crippen LogP contribution in [0, 0.1) is 0 Å². The molecule has 28 nitrogen and oxygen atoms in total. The van der Waals surface area contributed by atoms with Crippen molar-refractivity contribution < 1.29 is 134 Å². The molecular formula is C60H100I12N4O24+4. The van der Waals surface area contributed by atoms with Crippen LogP contribution < -0.4 is 19.6 Å². The molecule has 0 spiro atoms. The number of hydrogen-bond donors (Lipinski definition) is 4. The van der Waals surface area contributed by atoms with E-state index < -0.39 is 10.3 Å². The molecule has 0 heterocycles. The number of ether oxygens (including phenoxy) is 12. The molecule has 0 rings (SSSR count). The molecule has 0 amide bonds. The standard InChI is InChI=1S/C18H30I3NO6.2C15H24I3NO6.C12H18I3NO6/c1-16(2,19)13(23)26-10-7-22(8-11-27-14(24)17(3,4)20)9-12-28-15(25)18(5,6)21;1-10(16)13(20)23-7-4-19(5-8-24-14(21)11(2)17)6-9-25-15(22)12(3)18;16-10-13(20)23-7-1-4-19(5-2-8-24-14(21)11-17)6-3-9-25-15(22)12-18;13-7-10(17)20-4-1-16(2-5-21-11(18)8-14)3-6-22-12(19)9-15/h7-12H2,1-6H3;10-12H,4-9H2,1-3H3;1-12H2;1-9H2/p+4. The van der Waals surface area contributed by atoms with Crippen molar-refractivity contribution in [3.63, 3.8) is 0 Å². The third-order valence-corrected chi connectivity index (χ3v) is 18.8. The number of nitrogens with one attached hydrogen (secondary N) is 4. The summed E-state index contributed by atoms with van der Waals surface area (Å²) in [5.74, 6) is -2.94. The van der Waals surface area contributed by atoms with E-state index in [1.54, 1.807) is 62.3 Å². The second-order valence-corrected chi connectivity index (χ2v) is 40.6. The minimum atomic E-state index is -0.583. The molecule has 40 heteroatoms. The van der Waals surface area contributed by atoms with Crippen molar-refractivity contribution >= 4 is 343 Å². The van der Waals surface area contributed by atoms with Crippen molar-refractivity contribution in [2.45, 2.75) is 104 Å². The van der Waals surface area contributed by atoms with Crippen LogP contribution in [0.2, 0.25) is 0 Å². The van der Waals surface area contributed by atoms with Gasteiger partial charge >= 0.3 is 71.6 Å². The van der Waals surface area contributed by atoms with Crippen molar-refractivity contribution in [3.05, 3.63) is 0 Å². The van der Waals surface area contributed by atoms with Gasteiger partial charge < -0.3 is 76.4 Å². The molecule has 0 saturated heterocycles. The van der Waals surface area contributed by atoms with Crippen LogP contribution in [0.4, 0.5) is 0 Å². The highest BCUT2D eigenvalue weighted by atomic mass is 127. The SMILES string of the molecule is CC(C)(I)C(=O)OCC[NH+](CCOC(=O)C(C)(C)I)CCOC(=O)C(C)(C)I.CC(I)C(=O)OCC[NH+](CCOC(=O)C(C)I)CCOC(=O)C(C)I.O=C(CI)OCCC[NH+](CCCOC(=O)CI)CCCOC(=O)CI.O=C(CI)OCC[NH+](CCOC(=O)CI)CCOC(=O)CI. The summed E-state index contributed by atoms with van der Waals surface area (Å²) >= 11 is 23.9. The fourth-order valence-electron chi connectivity index (χ4n) is 6.80. The van der Waals surface area contributed by atoms with Crippen LogP contribution in [-0.4, -0.2) is 278 Å². The summed E-state index contributed by atoms with van der Waals surface area (Å²) in [4.78, 5) is 141. The molecule has 584 valence electrons. The number of alkyl halides is 12. The van der Waals surface area contributed by atoms with Gasteiger partial charge in [0.05, 0.1) is 66.0 Å². The second-order valence-electron chi connectivity index (χ2n) is 22.4. The van der Waals surface area contributed by atoms with Gasteiger partial charge in [0, 0.05) is 19.3 Å². The molecule has 3 unspecified atom stereocenters. The Balaban J connectivity index is -0.000000616. The van der Waals surface area contributed by atoms with Crippen LogP contribution in [0.3, 0.4) is 0 Å². The lowest BCUT2D eigenvalue weighted by molar-refractivity contribution is -0.900. The number of rotatable bonds is 51. The molecule has 0 bridgehead atoms. The Kier molecular flexibility index (Phi) is 73.9. The predicted octanol–water partition coefficient (Wildman–Crippen LogP) is 3.90. The van der Waals surface area contributed by atoms with Crippen molar-refractivity contribution in [1.82, 2.24) is 0 Å². The topological polar surface area (TPSA) is 333 Å². The quantitative estimate of drug-likeness (QED) is 0.0221. The molecule has 4 N–H and O–H groups in total. The van der Waals surface area contributed by atoms with Gasteiger partial charge in [-0.3, -0.25) is 57.5 Å². The average molecular weight is 2780 g/mol. The Morgan fingerprint density at radius 1 is 0.260 bits per heavy atom. The zero-order valence-electron chi connectivity index (χ0n) is 57.9. The van der Waals surface area contributed by atoms with E-state index in [9.17, 15) is 57.5 Å². The van der Waals surface area contributed by atoms with E-state index in [1.807, 2.05) is 271 Å². The van der Waals surface area contributed by atoms with Crippen LogP contribution in [0.1, 0.15) is 81.6 Å². The van der Waals surface area contributed by atoms with E-state index in [4.69, 9.17) is 56.8 Å². The highest BCUT2D eigenvalue weighted by Gasteiger charge is 2.29. The van der Waals surface area contributed by atoms with E-state index in [0.717, 1.165) is 53.6 Å².